The lowest BCUT2D eigenvalue weighted by Crippen LogP contribution is -2.09. The zero-order chi connectivity index (χ0) is 12.1. The molecule has 3 nitrogen and oxygen atoms in total. The van der Waals surface area contributed by atoms with Gasteiger partial charge in [0, 0.05) is 17.6 Å². The lowest BCUT2D eigenvalue weighted by molar-refractivity contribution is 0.230. The summed E-state index contributed by atoms with van der Waals surface area (Å²) in [6.45, 7) is 4.64. The molecule has 0 aliphatic rings. The van der Waals surface area contributed by atoms with E-state index < -0.39 is 0 Å². The number of nitrogens with one attached hydrogen (secondary N) is 1. The second-order valence-corrected chi connectivity index (χ2v) is 4.20. The quantitative estimate of drug-likeness (QED) is 0.863. The molecule has 0 heterocycles. The molecule has 90 valence electrons. The molecular formula is C12H18ClNO2. The van der Waals surface area contributed by atoms with E-state index in [0.717, 1.165) is 5.56 Å². The van der Waals surface area contributed by atoms with E-state index in [4.69, 9.17) is 21.1 Å². The van der Waals surface area contributed by atoms with Crippen LogP contribution in [0.25, 0.3) is 0 Å². The first-order valence-corrected chi connectivity index (χ1v) is 5.64. The molecule has 0 saturated heterocycles. The third-order valence-electron chi connectivity index (χ3n) is 2.06. The monoisotopic (exact) mass is 243 g/mol. The summed E-state index contributed by atoms with van der Waals surface area (Å²) in [4.78, 5) is 0. The van der Waals surface area contributed by atoms with Gasteiger partial charge in [-0.3, -0.25) is 0 Å². The summed E-state index contributed by atoms with van der Waals surface area (Å²) in [6, 6.07) is 3.70. The summed E-state index contributed by atoms with van der Waals surface area (Å²) in [7, 11) is 3.50. The van der Waals surface area contributed by atoms with Crippen LogP contribution in [0.2, 0.25) is 5.02 Å². The van der Waals surface area contributed by atoms with Crippen LogP contribution in [0.15, 0.2) is 12.1 Å². The maximum absolute atomic E-state index is 6.15. The number of hydrogen-bond donors (Lipinski definition) is 1. The Bertz CT molecular complexity index is 353. The van der Waals surface area contributed by atoms with Gasteiger partial charge >= 0.3 is 0 Å². The van der Waals surface area contributed by atoms with E-state index in [-0.39, 0.29) is 6.10 Å². The first-order chi connectivity index (χ1) is 7.58. The minimum absolute atomic E-state index is 0.0973. The van der Waals surface area contributed by atoms with Crippen molar-refractivity contribution in [1.29, 1.82) is 0 Å². The van der Waals surface area contributed by atoms with Gasteiger partial charge < -0.3 is 14.8 Å². The Morgan fingerprint density at radius 1 is 1.31 bits per heavy atom. The maximum Gasteiger partial charge on any atom is 0.163 e. The van der Waals surface area contributed by atoms with Crippen molar-refractivity contribution in [3.63, 3.8) is 0 Å². The minimum Gasteiger partial charge on any atom is -0.493 e. The van der Waals surface area contributed by atoms with Gasteiger partial charge in [-0.25, -0.2) is 0 Å². The second-order valence-electron chi connectivity index (χ2n) is 3.79. The highest BCUT2D eigenvalue weighted by Crippen LogP contribution is 2.33. The van der Waals surface area contributed by atoms with Crippen LogP contribution in [-0.4, -0.2) is 20.3 Å². The zero-order valence-corrected chi connectivity index (χ0v) is 10.9. The molecule has 0 amide bonds. The third-order valence-corrected chi connectivity index (χ3v) is 2.41. The fraction of sp³-hybridized carbons (Fsp3) is 0.500. The average molecular weight is 244 g/mol. The Morgan fingerprint density at radius 3 is 2.50 bits per heavy atom. The van der Waals surface area contributed by atoms with Crippen LogP contribution in [0, 0.1) is 0 Å². The standard InChI is InChI=1S/C12H18ClNO2/c1-8(2)16-12-6-10(13)9(7-14-3)5-11(12)15-4/h5-6,8,14H,7H2,1-4H3. The van der Waals surface area contributed by atoms with Gasteiger partial charge in [0.1, 0.15) is 0 Å². The number of rotatable bonds is 5. The summed E-state index contributed by atoms with van der Waals surface area (Å²) < 4.78 is 10.9. The van der Waals surface area contributed by atoms with E-state index in [0.29, 0.717) is 23.1 Å². The Morgan fingerprint density at radius 2 is 2.00 bits per heavy atom. The normalized spacial score (nSPS) is 10.6. The van der Waals surface area contributed by atoms with Gasteiger partial charge in [-0.2, -0.15) is 0 Å². The fourth-order valence-electron chi connectivity index (χ4n) is 1.41. The van der Waals surface area contributed by atoms with Crippen molar-refractivity contribution in [2.45, 2.75) is 26.5 Å². The summed E-state index contributed by atoms with van der Waals surface area (Å²) >= 11 is 6.15. The van der Waals surface area contributed by atoms with Gasteiger partial charge in [-0.05, 0) is 32.5 Å². The molecule has 0 aromatic heterocycles. The number of halogens is 1. The van der Waals surface area contributed by atoms with Gasteiger partial charge in [0.15, 0.2) is 11.5 Å². The molecule has 0 saturated carbocycles. The van der Waals surface area contributed by atoms with Gasteiger partial charge in [-0.15, -0.1) is 0 Å². The SMILES string of the molecule is CNCc1cc(OC)c(OC(C)C)cc1Cl. The molecule has 0 fully saturated rings. The maximum atomic E-state index is 6.15. The van der Waals surface area contributed by atoms with Crippen LogP contribution >= 0.6 is 11.6 Å². The molecular weight excluding hydrogens is 226 g/mol. The molecule has 0 bridgehead atoms. The van der Waals surface area contributed by atoms with Crippen molar-refractivity contribution in [3.8, 4) is 11.5 Å². The summed E-state index contributed by atoms with van der Waals surface area (Å²) in [5.41, 5.74) is 0.997. The average Bonchev–Trinajstić information content (AvgIpc) is 2.21. The molecule has 0 atom stereocenters. The molecule has 0 aliphatic heterocycles. The van der Waals surface area contributed by atoms with Crippen LogP contribution in [0.3, 0.4) is 0 Å². The number of methoxy groups -OCH3 is 1. The van der Waals surface area contributed by atoms with Gasteiger partial charge in [-0.1, -0.05) is 11.6 Å². The van der Waals surface area contributed by atoms with E-state index in [1.807, 2.05) is 27.0 Å². The lowest BCUT2D eigenvalue weighted by atomic mass is 10.2. The Balaban J connectivity index is 3.05. The van der Waals surface area contributed by atoms with E-state index in [1.54, 1.807) is 13.2 Å². The Kier molecular flexibility index (Phi) is 4.90. The molecule has 0 unspecified atom stereocenters. The van der Waals surface area contributed by atoms with Gasteiger partial charge in [0.2, 0.25) is 0 Å². The van der Waals surface area contributed by atoms with Crippen LogP contribution in [-0.2, 0) is 6.54 Å². The number of hydrogen-bond acceptors (Lipinski definition) is 3. The van der Waals surface area contributed by atoms with Crippen molar-refractivity contribution in [3.05, 3.63) is 22.7 Å². The van der Waals surface area contributed by atoms with Crippen molar-refractivity contribution in [2.24, 2.45) is 0 Å². The van der Waals surface area contributed by atoms with Gasteiger partial charge in [0.05, 0.1) is 13.2 Å². The zero-order valence-electron chi connectivity index (χ0n) is 10.1. The van der Waals surface area contributed by atoms with Crippen molar-refractivity contribution in [1.82, 2.24) is 5.32 Å². The molecule has 1 rings (SSSR count). The Labute approximate surface area is 102 Å². The molecule has 1 aromatic carbocycles. The summed E-state index contributed by atoms with van der Waals surface area (Å²) in [5, 5.41) is 3.74. The third kappa shape index (κ3) is 3.29. The molecule has 1 aromatic rings. The minimum atomic E-state index is 0.0973. The highest BCUT2D eigenvalue weighted by Gasteiger charge is 2.11. The predicted molar refractivity (Wildman–Crippen MR) is 66.5 cm³/mol. The largest absolute Gasteiger partial charge is 0.493 e. The summed E-state index contributed by atoms with van der Waals surface area (Å²) in [6.07, 6.45) is 0.0973. The highest BCUT2D eigenvalue weighted by molar-refractivity contribution is 6.31. The highest BCUT2D eigenvalue weighted by atomic mass is 35.5. The fourth-order valence-corrected chi connectivity index (χ4v) is 1.63. The van der Waals surface area contributed by atoms with Crippen molar-refractivity contribution < 1.29 is 9.47 Å². The molecule has 1 N–H and O–H groups in total. The lowest BCUT2D eigenvalue weighted by Gasteiger charge is -2.15. The second kappa shape index (κ2) is 5.97. The van der Waals surface area contributed by atoms with E-state index in [2.05, 4.69) is 5.32 Å². The first kappa shape index (κ1) is 13.1. The first-order valence-electron chi connectivity index (χ1n) is 5.26. The number of benzene rings is 1. The summed E-state index contributed by atoms with van der Waals surface area (Å²) in [5.74, 6) is 1.39. The van der Waals surface area contributed by atoms with Crippen molar-refractivity contribution in [2.75, 3.05) is 14.2 Å². The van der Waals surface area contributed by atoms with Crippen molar-refractivity contribution >= 4 is 11.6 Å². The Hall–Kier alpha value is -0.930. The van der Waals surface area contributed by atoms with Crippen LogP contribution in [0.5, 0.6) is 11.5 Å². The van der Waals surface area contributed by atoms with Gasteiger partial charge in [0.25, 0.3) is 0 Å². The van der Waals surface area contributed by atoms with Crippen LogP contribution in [0.4, 0.5) is 0 Å². The van der Waals surface area contributed by atoms with E-state index >= 15 is 0 Å². The number of ether oxygens (including phenoxy) is 2. The topological polar surface area (TPSA) is 30.5 Å². The molecule has 0 spiro atoms. The van der Waals surface area contributed by atoms with Crippen LogP contribution < -0.4 is 14.8 Å². The molecule has 16 heavy (non-hydrogen) atoms. The molecule has 0 aliphatic carbocycles. The van der Waals surface area contributed by atoms with Crippen LogP contribution in [0.1, 0.15) is 19.4 Å². The molecule has 4 heteroatoms. The smallest absolute Gasteiger partial charge is 0.163 e. The molecule has 0 radical (unpaired) electrons. The van der Waals surface area contributed by atoms with E-state index in [9.17, 15) is 0 Å². The predicted octanol–water partition coefficient (Wildman–Crippen LogP) is 2.86. The van der Waals surface area contributed by atoms with E-state index in [1.165, 1.54) is 0 Å².